The molecular weight excluding hydrogens is 401 g/mol. The maximum absolute atomic E-state index is 13.6. The van der Waals surface area contributed by atoms with Crippen LogP contribution in [0, 0.1) is 26.6 Å². The topological polar surface area (TPSA) is 109 Å². The quantitative estimate of drug-likeness (QED) is 0.663. The van der Waals surface area contributed by atoms with Crippen LogP contribution in [0.2, 0.25) is 0 Å². The molecule has 0 bridgehead atoms. The first kappa shape index (κ1) is 22.6. The molecule has 158 valence electrons. The van der Waals surface area contributed by atoms with E-state index in [2.05, 4.69) is 10.3 Å². The minimum atomic E-state index is -4.18. The molecule has 0 saturated heterocycles. The number of sulfonamides is 1. The van der Waals surface area contributed by atoms with Gasteiger partial charge in [-0.15, -0.1) is 0 Å². The molecule has 0 atom stereocenters. The summed E-state index contributed by atoms with van der Waals surface area (Å²) in [5, 5.41) is 2.46. The highest BCUT2D eigenvalue weighted by molar-refractivity contribution is 7.89. The summed E-state index contributed by atoms with van der Waals surface area (Å²) in [7, 11) is -2.96. The van der Waals surface area contributed by atoms with Gasteiger partial charge in [-0.05, 0) is 45.4 Å². The van der Waals surface area contributed by atoms with Gasteiger partial charge < -0.3 is 15.0 Å². The first-order valence-corrected chi connectivity index (χ1v) is 10.3. The van der Waals surface area contributed by atoms with Crippen molar-refractivity contribution in [2.75, 3.05) is 25.5 Å². The minimum Gasteiger partial charge on any atom is -0.462 e. The lowest BCUT2D eigenvalue weighted by atomic mass is 10.2. The van der Waals surface area contributed by atoms with E-state index in [9.17, 15) is 22.4 Å². The standard InChI is InChI=1S/C19H24FN3O5S/c1-6-28-19(25)17-12(3)21-13(4)18(17)29(26,27)23(5)10-16(24)22-14-8-7-11(2)15(20)9-14/h7-9,21H,6,10H2,1-5H3,(H,22,24). The largest absolute Gasteiger partial charge is 0.462 e. The molecular formula is C19H24FN3O5S. The Balaban J connectivity index is 2.26. The number of aromatic nitrogens is 1. The average Bonchev–Trinajstić information content (AvgIpc) is 2.93. The minimum absolute atomic E-state index is 0.0859. The number of likely N-dealkylation sites (N-methyl/N-ethyl adjacent to an activating group) is 1. The molecule has 0 radical (unpaired) electrons. The molecule has 29 heavy (non-hydrogen) atoms. The number of hydrogen-bond acceptors (Lipinski definition) is 5. The fourth-order valence-corrected chi connectivity index (χ4v) is 4.38. The summed E-state index contributed by atoms with van der Waals surface area (Å²) in [6.45, 7) is 5.86. The number of ether oxygens (including phenoxy) is 1. The van der Waals surface area contributed by atoms with Gasteiger partial charge in [0.1, 0.15) is 16.3 Å². The Hall–Kier alpha value is -2.72. The highest BCUT2D eigenvalue weighted by Gasteiger charge is 2.33. The van der Waals surface area contributed by atoms with Crippen LogP contribution in [0.5, 0.6) is 0 Å². The van der Waals surface area contributed by atoms with Crippen molar-refractivity contribution in [1.29, 1.82) is 0 Å². The fourth-order valence-electron chi connectivity index (χ4n) is 2.84. The summed E-state index contributed by atoms with van der Waals surface area (Å²) in [5.74, 6) is -1.90. The number of H-pyrrole nitrogens is 1. The zero-order valence-corrected chi connectivity index (χ0v) is 17.7. The van der Waals surface area contributed by atoms with Crippen molar-refractivity contribution in [2.45, 2.75) is 32.6 Å². The van der Waals surface area contributed by atoms with Crippen LogP contribution in [0.1, 0.15) is 34.2 Å². The predicted molar refractivity (Wildman–Crippen MR) is 106 cm³/mol. The number of nitrogens with one attached hydrogen (secondary N) is 2. The van der Waals surface area contributed by atoms with Crippen molar-refractivity contribution >= 4 is 27.6 Å². The second-order valence-electron chi connectivity index (χ2n) is 6.57. The Morgan fingerprint density at radius 1 is 1.21 bits per heavy atom. The number of benzene rings is 1. The number of anilines is 1. The maximum Gasteiger partial charge on any atom is 0.341 e. The average molecular weight is 425 g/mol. The number of rotatable bonds is 7. The third kappa shape index (κ3) is 4.83. The molecule has 0 spiro atoms. The zero-order chi connectivity index (χ0) is 21.9. The van der Waals surface area contributed by atoms with Crippen molar-refractivity contribution in [3.05, 3.63) is 46.5 Å². The number of halogens is 1. The summed E-state index contributed by atoms with van der Waals surface area (Å²) in [6.07, 6.45) is 0. The number of carbonyl (C=O) groups is 2. The number of amides is 1. The van der Waals surface area contributed by atoms with Gasteiger partial charge in [0.25, 0.3) is 0 Å². The fraction of sp³-hybridized carbons (Fsp3) is 0.368. The number of aryl methyl sites for hydroxylation is 3. The Labute approximate surface area is 169 Å². The Morgan fingerprint density at radius 3 is 2.45 bits per heavy atom. The van der Waals surface area contributed by atoms with Crippen molar-refractivity contribution in [3.63, 3.8) is 0 Å². The van der Waals surface area contributed by atoms with Crippen molar-refractivity contribution in [3.8, 4) is 0 Å². The van der Waals surface area contributed by atoms with E-state index in [1.165, 1.54) is 26.1 Å². The molecule has 2 N–H and O–H groups in total. The molecule has 2 aromatic rings. The molecule has 0 saturated carbocycles. The van der Waals surface area contributed by atoms with Crippen LogP contribution in [0.15, 0.2) is 23.1 Å². The molecule has 1 amide bonds. The monoisotopic (exact) mass is 425 g/mol. The van der Waals surface area contributed by atoms with Gasteiger partial charge in [0.05, 0.1) is 13.2 Å². The van der Waals surface area contributed by atoms with Crippen LogP contribution >= 0.6 is 0 Å². The van der Waals surface area contributed by atoms with E-state index < -0.39 is 34.3 Å². The summed E-state index contributed by atoms with van der Waals surface area (Å²) in [4.78, 5) is 27.1. The van der Waals surface area contributed by atoms with Crippen LogP contribution in [-0.2, 0) is 19.6 Å². The molecule has 10 heteroatoms. The number of hydrogen-bond donors (Lipinski definition) is 2. The van der Waals surface area contributed by atoms with Crippen molar-refractivity contribution in [2.24, 2.45) is 0 Å². The summed E-state index contributed by atoms with van der Waals surface area (Å²) < 4.78 is 45.5. The van der Waals surface area contributed by atoms with Gasteiger partial charge in [0.15, 0.2) is 0 Å². The molecule has 8 nitrogen and oxygen atoms in total. The maximum atomic E-state index is 13.6. The lowest BCUT2D eigenvalue weighted by Crippen LogP contribution is -2.35. The lowest BCUT2D eigenvalue weighted by Gasteiger charge is -2.18. The molecule has 0 aliphatic heterocycles. The van der Waals surface area contributed by atoms with Gasteiger partial charge >= 0.3 is 5.97 Å². The molecule has 1 aromatic heterocycles. The van der Waals surface area contributed by atoms with E-state index in [0.717, 1.165) is 10.4 Å². The van der Waals surface area contributed by atoms with Gasteiger partial charge in [-0.3, -0.25) is 4.79 Å². The highest BCUT2D eigenvalue weighted by atomic mass is 32.2. The number of aromatic amines is 1. The van der Waals surface area contributed by atoms with Crippen molar-refractivity contribution < 1.29 is 27.1 Å². The zero-order valence-electron chi connectivity index (χ0n) is 16.9. The number of carbonyl (C=O) groups excluding carboxylic acids is 2. The smallest absolute Gasteiger partial charge is 0.341 e. The van der Waals surface area contributed by atoms with Crippen LogP contribution in [-0.4, -0.2) is 49.8 Å². The number of esters is 1. The van der Waals surface area contributed by atoms with E-state index in [-0.39, 0.29) is 28.4 Å². The molecule has 2 rings (SSSR count). The summed E-state index contributed by atoms with van der Waals surface area (Å²) >= 11 is 0. The second kappa shape index (κ2) is 8.75. The number of nitrogens with zero attached hydrogens (tertiary/aromatic N) is 1. The Kier molecular flexibility index (Phi) is 6.81. The van der Waals surface area contributed by atoms with E-state index in [1.54, 1.807) is 20.8 Å². The van der Waals surface area contributed by atoms with Gasteiger partial charge in [-0.1, -0.05) is 6.07 Å². The SMILES string of the molecule is CCOC(=O)c1c(C)[nH]c(C)c1S(=O)(=O)N(C)CC(=O)Nc1ccc(C)c(F)c1. The molecule has 0 aliphatic rings. The normalized spacial score (nSPS) is 11.6. The summed E-state index contributed by atoms with van der Waals surface area (Å²) in [5.41, 5.74) is 1.17. The van der Waals surface area contributed by atoms with Crippen LogP contribution in [0.25, 0.3) is 0 Å². The highest BCUT2D eigenvalue weighted by Crippen LogP contribution is 2.27. The third-order valence-corrected chi connectivity index (χ3v) is 6.26. The van der Waals surface area contributed by atoms with Gasteiger partial charge in [0, 0.05) is 24.1 Å². The third-order valence-electron chi connectivity index (χ3n) is 4.29. The van der Waals surface area contributed by atoms with Crippen LogP contribution in [0.4, 0.5) is 10.1 Å². The van der Waals surface area contributed by atoms with Crippen LogP contribution in [0.3, 0.4) is 0 Å². The van der Waals surface area contributed by atoms with Crippen LogP contribution < -0.4 is 5.32 Å². The molecule has 0 aliphatic carbocycles. The second-order valence-corrected chi connectivity index (χ2v) is 8.55. The van der Waals surface area contributed by atoms with Gasteiger partial charge in [0.2, 0.25) is 15.9 Å². The lowest BCUT2D eigenvalue weighted by molar-refractivity contribution is -0.116. The first-order chi connectivity index (χ1) is 13.5. The molecule has 1 heterocycles. The predicted octanol–water partition coefficient (Wildman–Crippen LogP) is 2.51. The summed E-state index contributed by atoms with van der Waals surface area (Å²) in [6, 6.07) is 4.17. The first-order valence-electron chi connectivity index (χ1n) is 8.87. The van der Waals surface area contributed by atoms with E-state index >= 15 is 0 Å². The van der Waals surface area contributed by atoms with Gasteiger partial charge in [-0.25, -0.2) is 17.6 Å². The molecule has 1 aromatic carbocycles. The van der Waals surface area contributed by atoms with E-state index in [4.69, 9.17) is 4.74 Å². The van der Waals surface area contributed by atoms with E-state index in [1.807, 2.05) is 0 Å². The Morgan fingerprint density at radius 2 is 1.86 bits per heavy atom. The van der Waals surface area contributed by atoms with Gasteiger partial charge in [-0.2, -0.15) is 4.31 Å². The Bertz CT molecular complexity index is 1050. The molecule has 0 unspecified atom stereocenters. The van der Waals surface area contributed by atoms with Crippen molar-refractivity contribution in [1.82, 2.24) is 9.29 Å². The van der Waals surface area contributed by atoms with E-state index in [0.29, 0.717) is 11.3 Å². The molecule has 0 fully saturated rings.